The zero-order valence-corrected chi connectivity index (χ0v) is 20.3. The quantitative estimate of drug-likeness (QED) is 0.354. The molecule has 1 aliphatic carbocycles. The largest absolute Gasteiger partial charge is 0.479 e. The Bertz CT molecular complexity index is 1260. The number of carboxylic acid groups (broad SMARTS) is 1. The Kier molecular flexibility index (Phi) is 6.90. The maximum atomic E-state index is 12.5. The van der Waals surface area contributed by atoms with Crippen LogP contribution in [0.15, 0.2) is 71.2 Å². The van der Waals surface area contributed by atoms with Crippen molar-refractivity contribution in [2.24, 2.45) is 0 Å². The Hall–Kier alpha value is -3.69. The van der Waals surface area contributed by atoms with E-state index in [0.29, 0.717) is 10.2 Å². The van der Waals surface area contributed by atoms with Gasteiger partial charge in [0.05, 0.1) is 12.2 Å². The third-order valence-electron chi connectivity index (χ3n) is 5.87. The first-order valence-corrected chi connectivity index (χ1v) is 11.6. The number of aliphatic hydroxyl groups is 1. The lowest BCUT2D eigenvalue weighted by Crippen LogP contribution is -2.46. The zero-order valence-electron chi connectivity index (χ0n) is 18.7. The molecule has 1 aliphatic rings. The zero-order chi connectivity index (χ0) is 25.2. The molecule has 4 N–H and O–H groups in total. The highest BCUT2D eigenvalue weighted by Crippen LogP contribution is 2.44. The minimum atomic E-state index is -2.08. The first-order valence-electron chi connectivity index (χ1n) is 10.8. The molecule has 1 atom stereocenters. The summed E-state index contributed by atoms with van der Waals surface area (Å²) < 4.78 is 5.98. The first kappa shape index (κ1) is 24.4. The van der Waals surface area contributed by atoms with Gasteiger partial charge in [-0.2, -0.15) is 0 Å². The molecule has 0 radical (unpaired) electrons. The third-order valence-corrected chi connectivity index (χ3v) is 6.52. The molecule has 1 unspecified atom stereocenters. The fourth-order valence-electron chi connectivity index (χ4n) is 3.93. The summed E-state index contributed by atoms with van der Waals surface area (Å²) in [5.74, 6) is -2.08. The van der Waals surface area contributed by atoms with Crippen LogP contribution in [0.25, 0.3) is 11.1 Å². The summed E-state index contributed by atoms with van der Waals surface area (Å²) in [5, 5.41) is 23.7. The van der Waals surface area contributed by atoms with Crippen molar-refractivity contribution in [3.05, 3.63) is 87.9 Å². The number of rotatable bonds is 7. The molecule has 0 aromatic heterocycles. The van der Waals surface area contributed by atoms with Gasteiger partial charge in [0.2, 0.25) is 0 Å². The van der Waals surface area contributed by atoms with Crippen LogP contribution in [0.1, 0.15) is 34.3 Å². The predicted molar refractivity (Wildman–Crippen MR) is 133 cm³/mol. The number of nitrogens with one attached hydrogen (secondary N) is 2. The monoisotopic (exact) mass is 538 g/mol. The number of amides is 2. The lowest BCUT2D eigenvalue weighted by Gasteiger charge is -2.18. The van der Waals surface area contributed by atoms with Crippen LogP contribution in [0.3, 0.4) is 0 Å². The predicted octanol–water partition coefficient (Wildman–Crippen LogP) is 4.38. The molecular weight excluding hydrogens is 516 g/mol. The van der Waals surface area contributed by atoms with E-state index in [1.807, 2.05) is 36.4 Å². The molecule has 35 heavy (non-hydrogen) atoms. The van der Waals surface area contributed by atoms with Gasteiger partial charge in [0.25, 0.3) is 5.91 Å². The number of carbonyl (C=O) groups is 3. The van der Waals surface area contributed by atoms with Gasteiger partial charge < -0.3 is 20.3 Å². The van der Waals surface area contributed by atoms with E-state index in [2.05, 4.69) is 38.7 Å². The second-order valence-electron chi connectivity index (χ2n) is 8.41. The van der Waals surface area contributed by atoms with Gasteiger partial charge in [0.15, 0.2) is 5.60 Å². The molecule has 0 bridgehead atoms. The number of halogens is 1. The summed E-state index contributed by atoms with van der Waals surface area (Å²) in [5.41, 5.74) is 3.03. The van der Waals surface area contributed by atoms with Crippen molar-refractivity contribution in [1.82, 2.24) is 5.32 Å². The van der Waals surface area contributed by atoms with Crippen LogP contribution in [-0.4, -0.2) is 46.9 Å². The van der Waals surface area contributed by atoms with E-state index >= 15 is 0 Å². The van der Waals surface area contributed by atoms with Crippen LogP contribution in [0.2, 0.25) is 0 Å². The molecule has 0 fully saturated rings. The average Bonchev–Trinajstić information content (AvgIpc) is 3.16. The molecule has 3 aromatic rings. The maximum absolute atomic E-state index is 12.5. The van der Waals surface area contributed by atoms with Crippen molar-refractivity contribution in [3.63, 3.8) is 0 Å². The molecule has 0 aliphatic heterocycles. The van der Waals surface area contributed by atoms with E-state index in [-0.39, 0.29) is 18.1 Å². The number of ether oxygens (including phenoxy) is 1. The number of hydrogen-bond donors (Lipinski definition) is 4. The number of carbonyl (C=O) groups excluding carboxylic acids is 2. The summed E-state index contributed by atoms with van der Waals surface area (Å²) in [6.07, 6.45) is -0.637. The average molecular weight is 539 g/mol. The molecular formula is C26H23BrN2O6. The normalized spacial score (nSPS) is 13.8. The van der Waals surface area contributed by atoms with Gasteiger partial charge in [-0.3, -0.25) is 10.1 Å². The van der Waals surface area contributed by atoms with Crippen molar-refractivity contribution >= 4 is 39.6 Å². The molecule has 2 amide bonds. The summed E-state index contributed by atoms with van der Waals surface area (Å²) in [4.78, 5) is 35.8. The number of anilines is 1. The standard InChI is InChI=1S/C26H23BrN2O6/c1-26(34,24(31)32)14-28-23(30)15-10-11-22(21(27)12-15)29-25(33)35-13-20-18-8-4-2-6-16(18)17-7-3-5-9-19(17)20/h2-12,20,34H,13-14H2,1H3,(H,28,30)(H,29,33)(H,31,32). The fraction of sp³-hybridized carbons (Fsp3) is 0.192. The Morgan fingerprint density at radius 1 is 1.00 bits per heavy atom. The van der Waals surface area contributed by atoms with Gasteiger partial charge >= 0.3 is 12.1 Å². The van der Waals surface area contributed by atoms with E-state index in [0.717, 1.165) is 29.2 Å². The minimum Gasteiger partial charge on any atom is -0.479 e. The van der Waals surface area contributed by atoms with Gasteiger partial charge in [-0.1, -0.05) is 48.5 Å². The minimum absolute atomic E-state index is 0.0642. The molecule has 0 spiro atoms. The van der Waals surface area contributed by atoms with Crippen molar-refractivity contribution in [2.45, 2.75) is 18.4 Å². The van der Waals surface area contributed by atoms with Crippen molar-refractivity contribution in [2.75, 3.05) is 18.5 Å². The second kappa shape index (κ2) is 9.89. The second-order valence-corrected chi connectivity index (χ2v) is 9.26. The fourth-order valence-corrected chi connectivity index (χ4v) is 4.41. The summed E-state index contributed by atoms with van der Waals surface area (Å²) in [7, 11) is 0. The van der Waals surface area contributed by atoms with Crippen molar-refractivity contribution in [3.8, 4) is 11.1 Å². The van der Waals surface area contributed by atoms with Crippen LogP contribution in [-0.2, 0) is 9.53 Å². The van der Waals surface area contributed by atoms with Gasteiger partial charge in [-0.25, -0.2) is 9.59 Å². The van der Waals surface area contributed by atoms with E-state index in [1.54, 1.807) is 0 Å². The van der Waals surface area contributed by atoms with Crippen molar-refractivity contribution in [1.29, 1.82) is 0 Å². The topological polar surface area (TPSA) is 125 Å². The molecule has 0 saturated carbocycles. The number of carboxylic acids is 1. The number of benzene rings is 3. The van der Waals surface area contributed by atoms with E-state index < -0.39 is 30.1 Å². The van der Waals surface area contributed by atoms with Gasteiger partial charge in [-0.15, -0.1) is 0 Å². The van der Waals surface area contributed by atoms with Crippen LogP contribution in [0.5, 0.6) is 0 Å². The summed E-state index contributed by atoms with van der Waals surface area (Å²) in [6, 6.07) is 20.6. The van der Waals surface area contributed by atoms with Crippen molar-refractivity contribution < 1.29 is 29.3 Å². The van der Waals surface area contributed by atoms with Gasteiger partial charge in [0.1, 0.15) is 6.61 Å². The highest BCUT2D eigenvalue weighted by atomic mass is 79.9. The van der Waals surface area contributed by atoms with Crippen LogP contribution in [0.4, 0.5) is 10.5 Å². The number of aliphatic carboxylic acids is 1. The van der Waals surface area contributed by atoms with Crippen LogP contribution < -0.4 is 10.6 Å². The van der Waals surface area contributed by atoms with Crippen LogP contribution in [0, 0.1) is 0 Å². The Labute approximate surface area is 210 Å². The maximum Gasteiger partial charge on any atom is 0.411 e. The highest BCUT2D eigenvalue weighted by molar-refractivity contribution is 9.10. The van der Waals surface area contributed by atoms with E-state index in [1.165, 1.54) is 18.2 Å². The van der Waals surface area contributed by atoms with Crippen LogP contribution >= 0.6 is 15.9 Å². The molecule has 9 heteroatoms. The Morgan fingerprint density at radius 3 is 2.17 bits per heavy atom. The molecule has 4 rings (SSSR count). The van der Waals surface area contributed by atoms with E-state index in [4.69, 9.17) is 9.84 Å². The lowest BCUT2D eigenvalue weighted by atomic mass is 9.98. The lowest BCUT2D eigenvalue weighted by molar-refractivity contribution is -0.155. The molecule has 0 heterocycles. The number of fused-ring (bicyclic) bond motifs is 3. The Balaban J connectivity index is 1.38. The molecule has 8 nitrogen and oxygen atoms in total. The van der Waals surface area contributed by atoms with Gasteiger partial charge in [-0.05, 0) is 63.3 Å². The SMILES string of the molecule is CC(O)(CNC(=O)c1ccc(NC(=O)OCC2c3ccccc3-c3ccccc32)c(Br)c1)C(=O)O. The molecule has 3 aromatic carbocycles. The Morgan fingerprint density at radius 2 is 1.60 bits per heavy atom. The third kappa shape index (κ3) is 5.21. The first-order chi connectivity index (χ1) is 16.7. The highest BCUT2D eigenvalue weighted by Gasteiger charge is 2.31. The van der Waals surface area contributed by atoms with Gasteiger partial charge in [0, 0.05) is 16.0 Å². The molecule has 0 saturated heterocycles. The summed E-state index contributed by atoms with van der Waals surface area (Å²) >= 11 is 3.32. The van der Waals surface area contributed by atoms with E-state index in [9.17, 15) is 19.5 Å². The summed E-state index contributed by atoms with van der Waals surface area (Å²) in [6.45, 7) is 0.799. The molecule has 180 valence electrons. The number of hydrogen-bond acceptors (Lipinski definition) is 5. The smallest absolute Gasteiger partial charge is 0.411 e.